The first-order valence-corrected chi connectivity index (χ1v) is 10.5. The second-order valence-corrected chi connectivity index (χ2v) is 7.38. The molecule has 2 aromatic rings. The van der Waals surface area contributed by atoms with Gasteiger partial charge in [0.2, 0.25) is 0 Å². The Morgan fingerprint density at radius 1 is 1.00 bits per heavy atom. The lowest BCUT2D eigenvalue weighted by Gasteiger charge is -2.46. The molecule has 6 nitrogen and oxygen atoms in total. The van der Waals surface area contributed by atoms with Gasteiger partial charge in [-0.3, -0.25) is 14.4 Å². The normalized spacial score (nSPS) is 21.0. The molecule has 31 heavy (non-hydrogen) atoms. The molecule has 6 heteroatoms. The molecule has 0 aliphatic carbocycles. The van der Waals surface area contributed by atoms with Crippen LogP contribution < -0.4 is 0 Å². The van der Waals surface area contributed by atoms with Crippen molar-refractivity contribution in [2.75, 3.05) is 20.3 Å². The van der Waals surface area contributed by atoms with E-state index in [1.165, 1.54) is 0 Å². The van der Waals surface area contributed by atoms with Crippen LogP contribution in [0.15, 0.2) is 66.7 Å². The number of hydrogen-bond acceptors (Lipinski definition) is 6. The molecule has 0 saturated carbocycles. The first kappa shape index (κ1) is 22.7. The molecule has 0 amide bonds. The Hall–Kier alpha value is -2.96. The number of likely N-dealkylation sites (N-methyl/N-ethyl adjacent to an activating group) is 1. The highest BCUT2D eigenvalue weighted by atomic mass is 16.7. The number of carbonyl (C=O) groups excluding carboxylic acids is 2. The third-order valence-corrected chi connectivity index (χ3v) is 5.42. The van der Waals surface area contributed by atoms with Crippen molar-refractivity contribution in [1.82, 2.24) is 5.06 Å². The van der Waals surface area contributed by atoms with Crippen molar-refractivity contribution in [3.63, 3.8) is 0 Å². The highest BCUT2D eigenvalue weighted by molar-refractivity contribution is 6.01. The van der Waals surface area contributed by atoms with Crippen LogP contribution in [0.2, 0.25) is 0 Å². The van der Waals surface area contributed by atoms with Crippen LogP contribution in [0.3, 0.4) is 0 Å². The molecule has 3 rings (SSSR count). The smallest absolute Gasteiger partial charge is 0.325 e. The lowest BCUT2D eigenvalue weighted by molar-refractivity contribution is -0.266. The summed E-state index contributed by atoms with van der Waals surface area (Å²) in [5.41, 5.74) is 0.255. The number of nitrogens with zero attached hydrogens (tertiary/aromatic N) is 1. The molecular formula is C25H29NO5. The Morgan fingerprint density at radius 2 is 1.55 bits per heavy atom. The summed E-state index contributed by atoms with van der Waals surface area (Å²) in [5, 5.41) is 1.56. The van der Waals surface area contributed by atoms with E-state index in [9.17, 15) is 9.59 Å². The van der Waals surface area contributed by atoms with E-state index < -0.39 is 29.5 Å². The second kappa shape index (κ2) is 10.4. The Balaban J connectivity index is 2.08. The van der Waals surface area contributed by atoms with Gasteiger partial charge in [0.15, 0.2) is 5.41 Å². The van der Waals surface area contributed by atoms with Gasteiger partial charge in [-0.2, -0.15) is 5.06 Å². The van der Waals surface area contributed by atoms with Crippen LogP contribution in [-0.2, 0) is 23.9 Å². The van der Waals surface area contributed by atoms with Gasteiger partial charge < -0.3 is 9.47 Å². The molecule has 1 heterocycles. The van der Waals surface area contributed by atoms with Gasteiger partial charge in [-0.1, -0.05) is 72.8 Å². The van der Waals surface area contributed by atoms with E-state index in [2.05, 4.69) is 0 Å². The quantitative estimate of drug-likeness (QED) is 0.492. The maximum Gasteiger partial charge on any atom is 0.325 e. The average Bonchev–Trinajstić information content (AvgIpc) is 2.79. The molecule has 0 unspecified atom stereocenters. The molecule has 2 aromatic carbocycles. The van der Waals surface area contributed by atoms with Gasteiger partial charge in [0.05, 0.1) is 19.3 Å². The van der Waals surface area contributed by atoms with Gasteiger partial charge in [-0.15, -0.1) is 0 Å². The maximum atomic E-state index is 13.3. The van der Waals surface area contributed by atoms with E-state index in [0.717, 1.165) is 11.1 Å². The number of hydroxylamine groups is 2. The summed E-state index contributed by atoms with van der Waals surface area (Å²) in [6.45, 7) is 3.78. The van der Waals surface area contributed by atoms with Crippen LogP contribution in [0, 0.1) is 5.41 Å². The van der Waals surface area contributed by atoms with Crippen molar-refractivity contribution >= 4 is 18.0 Å². The fourth-order valence-electron chi connectivity index (χ4n) is 3.94. The summed E-state index contributed by atoms with van der Waals surface area (Å²) in [4.78, 5) is 32.8. The fraction of sp³-hybridized carbons (Fsp3) is 0.360. The zero-order chi connectivity index (χ0) is 22.3. The third kappa shape index (κ3) is 4.86. The Kier molecular flexibility index (Phi) is 7.60. The Bertz CT molecular complexity index is 879. The fourth-order valence-corrected chi connectivity index (χ4v) is 3.94. The largest absolute Gasteiger partial charge is 0.465 e. The molecule has 0 bridgehead atoms. The molecule has 0 radical (unpaired) electrons. The van der Waals surface area contributed by atoms with Gasteiger partial charge in [0, 0.05) is 13.5 Å². The van der Waals surface area contributed by atoms with Crippen molar-refractivity contribution in [3.05, 3.63) is 77.9 Å². The summed E-state index contributed by atoms with van der Waals surface area (Å²) in [6.07, 6.45) is 3.30. The molecule has 0 N–H and O–H groups in total. The molecular weight excluding hydrogens is 394 g/mol. The molecule has 2 atom stereocenters. The summed E-state index contributed by atoms with van der Waals surface area (Å²) >= 11 is 0. The van der Waals surface area contributed by atoms with Crippen LogP contribution in [0.4, 0.5) is 0 Å². The van der Waals surface area contributed by atoms with Gasteiger partial charge in [-0.25, -0.2) is 0 Å². The van der Waals surface area contributed by atoms with Gasteiger partial charge in [0.25, 0.3) is 0 Å². The maximum absolute atomic E-state index is 13.3. The van der Waals surface area contributed by atoms with Crippen molar-refractivity contribution in [1.29, 1.82) is 0 Å². The lowest BCUT2D eigenvalue weighted by atomic mass is 9.72. The zero-order valence-corrected chi connectivity index (χ0v) is 18.2. The first-order chi connectivity index (χ1) is 15.0. The summed E-state index contributed by atoms with van der Waals surface area (Å²) in [7, 11) is 1.72. The number of rotatable bonds is 7. The van der Waals surface area contributed by atoms with E-state index >= 15 is 0 Å². The van der Waals surface area contributed by atoms with Crippen LogP contribution >= 0.6 is 0 Å². The number of benzene rings is 2. The summed E-state index contributed by atoms with van der Waals surface area (Å²) in [6, 6.07) is 18.5. The standard InChI is InChI=1S/C25H29NO5/c1-4-29-23(27)25(24(28)30-5-2)18-21(20-14-10-7-11-15-20)31-26(3)22(25)17-16-19-12-8-6-9-13-19/h6-17,21-22H,4-5,18H2,1-3H3/b17-16+/t21-,22-/m1/s1. The molecule has 0 spiro atoms. The molecule has 1 aliphatic rings. The van der Waals surface area contributed by atoms with Crippen LogP contribution in [-0.4, -0.2) is 43.3 Å². The van der Waals surface area contributed by atoms with E-state index in [4.69, 9.17) is 14.3 Å². The highest BCUT2D eigenvalue weighted by Gasteiger charge is 2.60. The molecule has 1 aliphatic heterocycles. The van der Waals surface area contributed by atoms with Crippen molar-refractivity contribution in [2.45, 2.75) is 32.4 Å². The minimum absolute atomic E-state index is 0.114. The Morgan fingerprint density at radius 3 is 2.10 bits per heavy atom. The average molecular weight is 424 g/mol. The van der Waals surface area contributed by atoms with Gasteiger partial charge in [0.1, 0.15) is 6.10 Å². The van der Waals surface area contributed by atoms with Crippen LogP contribution in [0.5, 0.6) is 0 Å². The third-order valence-electron chi connectivity index (χ3n) is 5.42. The minimum Gasteiger partial charge on any atom is -0.465 e. The predicted octanol–water partition coefficient (Wildman–Crippen LogP) is 4.19. The number of hydrogen-bond donors (Lipinski definition) is 0. The number of carbonyl (C=O) groups is 2. The SMILES string of the molecule is CCOC(=O)C1(C(=O)OCC)C[C@H](c2ccccc2)ON(C)[C@@H]1/C=C/c1ccccc1. The van der Waals surface area contributed by atoms with Gasteiger partial charge in [-0.05, 0) is 25.0 Å². The summed E-state index contributed by atoms with van der Waals surface area (Å²) < 4.78 is 10.8. The highest BCUT2D eigenvalue weighted by Crippen LogP contribution is 2.45. The molecule has 164 valence electrons. The number of ether oxygens (including phenoxy) is 2. The van der Waals surface area contributed by atoms with Gasteiger partial charge >= 0.3 is 11.9 Å². The monoisotopic (exact) mass is 423 g/mol. The molecule has 0 aromatic heterocycles. The summed E-state index contributed by atoms with van der Waals surface area (Å²) in [5.74, 6) is -1.21. The second-order valence-electron chi connectivity index (χ2n) is 7.38. The van der Waals surface area contributed by atoms with Crippen LogP contribution in [0.1, 0.15) is 37.5 Å². The minimum atomic E-state index is -1.56. The Labute approximate surface area is 183 Å². The number of esters is 2. The van der Waals surface area contributed by atoms with Crippen LogP contribution in [0.25, 0.3) is 6.08 Å². The van der Waals surface area contributed by atoms with E-state index in [-0.39, 0.29) is 19.6 Å². The van der Waals surface area contributed by atoms with E-state index in [1.54, 1.807) is 26.0 Å². The first-order valence-electron chi connectivity index (χ1n) is 10.5. The molecule has 1 fully saturated rings. The lowest BCUT2D eigenvalue weighted by Crippen LogP contribution is -2.60. The van der Waals surface area contributed by atoms with E-state index in [1.807, 2.05) is 72.8 Å². The molecule has 1 saturated heterocycles. The van der Waals surface area contributed by atoms with Crippen molar-refractivity contribution in [2.24, 2.45) is 5.41 Å². The van der Waals surface area contributed by atoms with E-state index in [0.29, 0.717) is 0 Å². The zero-order valence-electron chi connectivity index (χ0n) is 18.2. The van der Waals surface area contributed by atoms with Crippen molar-refractivity contribution < 1.29 is 23.9 Å². The predicted molar refractivity (Wildman–Crippen MR) is 118 cm³/mol. The topological polar surface area (TPSA) is 65.1 Å². The van der Waals surface area contributed by atoms with Crippen molar-refractivity contribution in [3.8, 4) is 0 Å².